The van der Waals surface area contributed by atoms with Crippen LogP contribution in [0.4, 0.5) is 5.69 Å². The van der Waals surface area contributed by atoms with E-state index in [0.29, 0.717) is 18.1 Å². The molecule has 0 fully saturated rings. The Balaban J connectivity index is 1.69. The van der Waals surface area contributed by atoms with Crippen LogP contribution in [0.2, 0.25) is 0 Å². The van der Waals surface area contributed by atoms with Gasteiger partial charge in [-0.1, -0.05) is 6.08 Å². The molecule has 4 rings (SSSR count). The molecule has 1 amide bonds. The molecule has 0 N–H and O–H groups in total. The van der Waals surface area contributed by atoms with Crippen LogP contribution in [0.5, 0.6) is 5.88 Å². The molecule has 0 aliphatic carbocycles. The quantitative estimate of drug-likeness (QED) is 0.394. The largest absolute Gasteiger partial charge is 0.481 e. The third kappa shape index (κ3) is 4.82. The zero-order valence-corrected chi connectivity index (χ0v) is 20.1. The number of hydrogen-bond donors (Lipinski definition) is 0. The summed E-state index contributed by atoms with van der Waals surface area (Å²) >= 11 is 0. The molecule has 0 radical (unpaired) electrons. The zero-order chi connectivity index (χ0) is 24.2. The molecule has 0 spiro atoms. The summed E-state index contributed by atoms with van der Waals surface area (Å²) in [5.41, 5.74) is 5.42. The molecule has 0 unspecified atom stereocenters. The third-order valence-corrected chi connectivity index (χ3v) is 5.57. The predicted molar refractivity (Wildman–Crippen MR) is 135 cm³/mol. The molecule has 0 saturated heterocycles. The van der Waals surface area contributed by atoms with Gasteiger partial charge < -0.3 is 19.1 Å². The molecule has 0 aliphatic rings. The van der Waals surface area contributed by atoms with E-state index in [1.807, 2.05) is 61.1 Å². The van der Waals surface area contributed by atoms with Gasteiger partial charge in [0.05, 0.1) is 19.0 Å². The summed E-state index contributed by atoms with van der Waals surface area (Å²) in [6.45, 7) is 0.701. The predicted octanol–water partition coefficient (Wildman–Crippen LogP) is 3.79. The van der Waals surface area contributed by atoms with Crippen molar-refractivity contribution in [3.63, 3.8) is 0 Å². The first-order valence-corrected chi connectivity index (χ1v) is 10.9. The number of hydrogen-bond acceptors (Lipinski definition) is 6. The van der Waals surface area contributed by atoms with Crippen molar-refractivity contribution in [2.75, 3.05) is 39.7 Å². The van der Waals surface area contributed by atoms with E-state index in [2.05, 4.69) is 22.2 Å². The Morgan fingerprint density at radius 2 is 1.85 bits per heavy atom. The highest BCUT2D eigenvalue weighted by molar-refractivity contribution is 6.01. The first-order valence-electron chi connectivity index (χ1n) is 10.9. The van der Waals surface area contributed by atoms with Crippen LogP contribution in [-0.4, -0.2) is 65.1 Å². The summed E-state index contributed by atoms with van der Waals surface area (Å²) in [6, 6.07) is 7.92. The number of aromatic nitrogens is 4. The van der Waals surface area contributed by atoms with Gasteiger partial charge in [-0.05, 0) is 37.9 Å². The van der Waals surface area contributed by atoms with Gasteiger partial charge in [-0.15, -0.1) is 0 Å². The van der Waals surface area contributed by atoms with Crippen LogP contribution in [0, 0.1) is 0 Å². The van der Waals surface area contributed by atoms with Gasteiger partial charge >= 0.3 is 0 Å². The van der Waals surface area contributed by atoms with Crippen LogP contribution in [0.3, 0.4) is 0 Å². The fourth-order valence-corrected chi connectivity index (χ4v) is 3.71. The second kappa shape index (κ2) is 9.84. The lowest BCUT2D eigenvalue weighted by Crippen LogP contribution is -2.24. The average molecular weight is 457 g/mol. The lowest BCUT2D eigenvalue weighted by Gasteiger charge is -2.16. The molecule has 4 aromatic heterocycles. The third-order valence-electron chi connectivity index (χ3n) is 5.57. The molecule has 4 aromatic rings. The number of likely N-dealkylation sites (N-methyl/N-ethyl adjacent to an activating group) is 2. The lowest BCUT2D eigenvalue weighted by molar-refractivity contribution is -0.113. The summed E-state index contributed by atoms with van der Waals surface area (Å²) in [5, 5.41) is 1.01. The minimum Gasteiger partial charge on any atom is -0.481 e. The second-order valence-corrected chi connectivity index (χ2v) is 8.33. The summed E-state index contributed by atoms with van der Waals surface area (Å²) in [7, 11) is 9.25. The molecule has 8 nitrogen and oxygen atoms in total. The minimum atomic E-state index is -0.105. The molecule has 34 heavy (non-hydrogen) atoms. The number of aryl methyl sites for hydroxylation is 1. The maximum atomic E-state index is 12.6. The Labute approximate surface area is 199 Å². The van der Waals surface area contributed by atoms with Crippen LogP contribution in [0.1, 0.15) is 0 Å². The molecular formula is C26H28N6O2. The van der Waals surface area contributed by atoms with E-state index >= 15 is 0 Å². The fraction of sp³-hybridized carbons (Fsp3) is 0.231. The number of rotatable bonds is 7. The van der Waals surface area contributed by atoms with Gasteiger partial charge in [0.15, 0.2) is 0 Å². The van der Waals surface area contributed by atoms with Crippen molar-refractivity contribution in [1.82, 2.24) is 24.4 Å². The number of fused-ring (bicyclic) bond motifs is 1. The number of carbonyl (C=O) groups excluding carboxylic acids is 1. The van der Waals surface area contributed by atoms with E-state index in [-0.39, 0.29) is 5.91 Å². The molecule has 0 aromatic carbocycles. The van der Waals surface area contributed by atoms with Crippen molar-refractivity contribution in [1.29, 1.82) is 0 Å². The average Bonchev–Trinajstić information content (AvgIpc) is 3.19. The number of pyridine rings is 3. The van der Waals surface area contributed by atoms with E-state index in [1.165, 1.54) is 0 Å². The monoisotopic (exact) mass is 456 g/mol. The standard InChI is InChI=1S/C26H28N6O2/c1-30(2)10-6-7-25(33)32(4)21-11-19(14-27-16-21)20-12-22-23(17-31(3)26(22)29-15-20)18-8-9-28-24(13-18)34-5/h6-9,11-17H,10H2,1-5H3/b7-6+. The number of carbonyl (C=O) groups is 1. The highest BCUT2D eigenvalue weighted by atomic mass is 16.5. The maximum Gasteiger partial charge on any atom is 0.250 e. The molecule has 0 saturated carbocycles. The highest BCUT2D eigenvalue weighted by Gasteiger charge is 2.14. The van der Waals surface area contributed by atoms with E-state index < -0.39 is 0 Å². The Morgan fingerprint density at radius 1 is 1.06 bits per heavy atom. The first-order chi connectivity index (χ1) is 16.4. The van der Waals surface area contributed by atoms with Crippen LogP contribution in [0.15, 0.2) is 67.4 Å². The van der Waals surface area contributed by atoms with Crippen LogP contribution in [0.25, 0.3) is 33.3 Å². The number of ether oxygens (including phenoxy) is 1. The summed E-state index contributed by atoms with van der Waals surface area (Å²) in [5.74, 6) is 0.453. The van der Waals surface area contributed by atoms with Gasteiger partial charge in [0.25, 0.3) is 0 Å². The maximum absolute atomic E-state index is 12.6. The van der Waals surface area contributed by atoms with E-state index in [9.17, 15) is 4.79 Å². The van der Waals surface area contributed by atoms with Gasteiger partial charge in [0, 0.05) is 79.6 Å². The molecule has 0 atom stereocenters. The number of nitrogens with zero attached hydrogens (tertiary/aromatic N) is 6. The van der Waals surface area contributed by atoms with Crippen LogP contribution >= 0.6 is 0 Å². The summed E-state index contributed by atoms with van der Waals surface area (Å²) < 4.78 is 7.30. The SMILES string of the molecule is COc1cc(-c2cn(C)c3ncc(-c4cncc(N(C)C(=O)/C=C/CN(C)C)c4)cc23)ccn1. The van der Waals surface area contributed by atoms with E-state index in [4.69, 9.17) is 9.72 Å². The van der Waals surface area contributed by atoms with Gasteiger partial charge in [-0.3, -0.25) is 9.78 Å². The van der Waals surface area contributed by atoms with Crippen molar-refractivity contribution in [2.24, 2.45) is 7.05 Å². The molecule has 174 valence electrons. The fourth-order valence-electron chi connectivity index (χ4n) is 3.71. The lowest BCUT2D eigenvalue weighted by atomic mass is 10.0. The first kappa shape index (κ1) is 23.1. The van der Waals surface area contributed by atoms with Crippen molar-refractivity contribution in [3.05, 3.63) is 67.4 Å². The van der Waals surface area contributed by atoms with Gasteiger partial charge in [0.2, 0.25) is 11.8 Å². The van der Waals surface area contributed by atoms with E-state index in [0.717, 1.165) is 33.3 Å². The molecule has 8 heteroatoms. The van der Waals surface area contributed by atoms with Crippen molar-refractivity contribution in [2.45, 2.75) is 0 Å². The molecule has 4 heterocycles. The van der Waals surface area contributed by atoms with Crippen molar-refractivity contribution in [3.8, 4) is 28.1 Å². The minimum absolute atomic E-state index is 0.105. The Kier molecular flexibility index (Phi) is 6.70. The van der Waals surface area contributed by atoms with Gasteiger partial charge in [-0.25, -0.2) is 9.97 Å². The summed E-state index contributed by atoms with van der Waals surface area (Å²) in [6.07, 6.45) is 12.5. The Bertz CT molecular complexity index is 1360. The molecule has 0 bridgehead atoms. The van der Waals surface area contributed by atoms with Gasteiger partial charge in [0.1, 0.15) is 5.65 Å². The normalized spacial score (nSPS) is 11.5. The number of anilines is 1. The topological polar surface area (TPSA) is 76.4 Å². The number of amides is 1. The van der Waals surface area contributed by atoms with Crippen molar-refractivity contribution < 1.29 is 9.53 Å². The molecule has 0 aliphatic heterocycles. The van der Waals surface area contributed by atoms with Crippen LogP contribution in [-0.2, 0) is 11.8 Å². The zero-order valence-electron chi connectivity index (χ0n) is 20.1. The van der Waals surface area contributed by atoms with Gasteiger partial charge in [-0.2, -0.15) is 0 Å². The van der Waals surface area contributed by atoms with Crippen molar-refractivity contribution >= 4 is 22.6 Å². The molecular weight excluding hydrogens is 428 g/mol. The second-order valence-electron chi connectivity index (χ2n) is 8.33. The Morgan fingerprint density at radius 3 is 2.62 bits per heavy atom. The van der Waals surface area contributed by atoms with Crippen LogP contribution < -0.4 is 9.64 Å². The Hall–Kier alpha value is -4.04. The number of methoxy groups -OCH3 is 1. The highest BCUT2D eigenvalue weighted by Crippen LogP contribution is 2.33. The summed E-state index contributed by atoms with van der Waals surface area (Å²) in [4.78, 5) is 29.4. The van der Waals surface area contributed by atoms with E-state index in [1.54, 1.807) is 43.7 Å². The smallest absolute Gasteiger partial charge is 0.250 e.